The highest BCUT2D eigenvalue weighted by Crippen LogP contribution is 2.27. The van der Waals surface area contributed by atoms with E-state index in [0.717, 1.165) is 10.9 Å². The number of Topliss-reactive ketones (excluding diaryl/α,β-unsaturated/α-hetero) is 2. The van der Waals surface area contributed by atoms with Gasteiger partial charge in [-0.1, -0.05) is 69.3 Å². The van der Waals surface area contributed by atoms with Gasteiger partial charge in [-0.2, -0.15) is 12.6 Å². The van der Waals surface area contributed by atoms with Gasteiger partial charge in [-0.05, 0) is 80.9 Å². The number of H-pyrrole nitrogens is 1. The highest BCUT2D eigenvalue weighted by molar-refractivity contribution is 7.80. The zero-order chi connectivity index (χ0) is 66.8. The Morgan fingerprint density at radius 1 is 0.656 bits per heavy atom. The SMILES string of the molecule is CC(=O)N[C@@H](CCCN=C(N)N)C(=O)N[C@@H](CCCN=C(N)N)C(=O)N[C@@H](Cc1ccccc1)C(=O)N[C@@H](Cc1c[nH]c2ccccc12)C(=O)N1CCC[C@@H]1C(=O)C[C@@H](CS)C(=O)N[C@H](C(=O)C[C@@H](CCCN=C(N)N)C(=O)N[C@H](C(=O)O)C(C)(C)C)[C@@H](C)O. The average Bonchev–Trinajstić information content (AvgIpc) is 1.74. The van der Waals surface area contributed by atoms with Crippen LogP contribution in [0.1, 0.15) is 110 Å². The summed E-state index contributed by atoms with van der Waals surface area (Å²) in [7, 11) is 0. The maximum Gasteiger partial charge on any atom is 0.326 e. The number of para-hydroxylation sites is 1. The van der Waals surface area contributed by atoms with E-state index in [0.29, 0.717) is 17.5 Å². The molecule has 1 aromatic heterocycles. The van der Waals surface area contributed by atoms with Crippen molar-refractivity contribution in [3.8, 4) is 0 Å². The van der Waals surface area contributed by atoms with Gasteiger partial charge in [0.2, 0.25) is 41.4 Å². The minimum absolute atomic E-state index is 0.0207. The quantitative estimate of drug-likeness (QED) is 0.0137. The number of aromatic nitrogens is 1. The molecule has 0 saturated carbocycles. The zero-order valence-corrected chi connectivity index (χ0v) is 52.6. The van der Waals surface area contributed by atoms with Gasteiger partial charge >= 0.3 is 5.97 Å². The molecule has 90 heavy (non-hydrogen) atoms. The molecule has 0 spiro atoms. The number of likely N-dealkylation sites (tertiary alicyclic amines) is 1. The van der Waals surface area contributed by atoms with E-state index in [4.69, 9.17) is 34.4 Å². The minimum Gasteiger partial charge on any atom is -0.480 e. The molecule has 30 heteroatoms. The Labute approximate surface area is 528 Å². The summed E-state index contributed by atoms with van der Waals surface area (Å²) in [6.07, 6.45) is 0.282. The van der Waals surface area contributed by atoms with Gasteiger partial charge in [-0.3, -0.25) is 58.1 Å². The predicted molar refractivity (Wildman–Crippen MR) is 343 cm³/mol. The lowest BCUT2D eigenvalue weighted by molar-refractivity contribution is -0.146. The molecule has 494 valence electrons. The molecule has 0 aliphatic carbocycles. The summed E-state index contributed by atoms with van der Waals surface area (Å²) < 4.78 is 0. The fourth-order valence-corrected chi connectivity index (χ4v) is 10.8. The molecular weight excluding hydrogens is 1180 g/mol. The number of aliphatic carboxylic acids is 1. The first-order chi connectivity index (χ1) is 42.5. The second-order valence-electron chi connectivity index (χ2n) is 23.5. The van der Waals surface area contributed by atoms with Gasteiger partial charge in [0.25, 0.3) is 0 Å². The molecule has 10 atom stereocenters. The molecule has 4 rings (SSSR count). The number of aliphatic hydroxyl groups is 1. The summed E-state index contributed by atoms with van der Waals surface area (Å²) in [5.41, 5.74) is 34.1. The normalized spacial score (nSPS) is 16.0. The van der Waals surface area contributed by atoms with E-state index < -0.39 is 137 Å². The van der Waals surface area contributed by atoms with Gasteiger partial charge in [0.15, 0.2) is 29.4 Å². The van der Waals surface area contributed by atoms with Gasteiger partial charge < -0.3 is 86.4 Å². The summed E-state index contributed by atoms with van der Waals surface area (Å²) in [5.74, 6) is -10.8. The highest BCUT2D eigenvalue weighted by atomic mass is 32.1. The molecule has 0 bridgehead atoms. The maximum atomic E-state index is 15.2. The predicted octanol–water partition coefficient (Wildman–Crippen LogP) is -1.37. The third kappa shape index (κ3) is 24.0. The Balaban J connectivity index is 1.64. The number of carbonyl (C=O) groups excluding carboxylic acids is 9. The fourth-order valence-electron chi connectivity index (χ4n) is 10.5. The lowest BCUT2D eigenvalue weighted by atomic mass is 9.85. The number of rotatable bonds is 37. The second kappa shape index (κ2) is 36.0. The van der Waals surface area contributed by atoms with E-state index in [1.807, 2.05) is 24.3 Å². The number of aromatic amines is 1. The Hall–Kier alpha value is -8.80. The van der Waals surface area contributed by atoms with Crippen molar-refractivity contribution in [1.29, 1.82) is 0 Å². The third-order valence-corrected chi connectivity index (χ3v) is 15.6. The van der Waals surface area contributed by atoms with Crippen LogP contribution in [0.5, 0.6) is 0 Å². The van der Waals surface area contributed by atoms with Crippen LogP contribution in [0.25, 0.3) is 10.9 Å². The molecule has 21 N–H and O–H groups in total. The fraction of sp³-hybridized carbons (Fsp3) is 0.550. The standard InChI is InChI=1S/C60H91N17O12S/c1-33(78)48(47(81)29-36(17-11-23-67-57(61)62)50(82)76-49(56(88)89)60(3,4)5)75-51(83)38(32-90)30-46(80)45-22-14-26-77(45)55(87)44(28-37-31-70-40-19-10-9-18-39(37)40)74-54(86)43(27-35-15-7-6-8-16-35)73-53(85)42(21-13-25-69-59(65)66)72-52(84)41(71-34(2)79)20-12-24-68-58(63)64/h6-10,15-16,18-19,31,33,36,38,41-45,48-49,70,78,90H,11-14,17,20-30,32H2,1-5H3,(H,71,79)(H,72,84)(H,73,85)(H,74,86)(H,75,83)(H,76,82)(H,88,89)(H4,61,62,67)(H4,63,64,68)(H4,65,66,69)/t33-,36-,38+,41+,42+,43+,44+,45-,48+,49-/m1/s1. The summed E-state index contributed by atoms with van der Waals surface area (Å²) in [6.45, 7) is 7.72. The number of guanidine groups is 3. The Bertz CT molecular complexity index is 3050. The molecule has 29 nitrogen and oxygen atoms in total. The molecule has 0 unspecified atom stereocenters. The van der Waals surface area contributed by atoms with E-state index in [9.17, 15) is 48.6 Å². The van der Waals surface area contributed by atoms with Crippen LogP contribution in [0.15, 0.2) is 75.8 Å². The Morgan fingerprint density at radius 3 is 1.72 bits per heavy atom. The van der Waals surface area contributed by atoms with Crippen LogP contribution in [0.3, 0.4) is 0 Å². The molecule has 7 amide bonds. The summed E-state index contributed by atoms with van der Waals surface area (Å²) in [6, 6.07) is 6.82. The Morgan fingerprint density at radius 2 is 1.18 bits per heavy atom. The average molecular weight is 1270 g/mol. The Kier molecular flexibility index (Phi) is 29.5. The largest absolute Gasteiger partial charge is 0.480 e. The number of nitrogens with two attached hydrogens (primary N) is 6. The maximum absolute atomic E-state index is 15.2. The summed E-state index contributed by atoms with van der Waals surface area (Å²) in [4.78, 5) is 156. The molecule has 1 aliphatic rings. The molecule has 1 saturated heterocycles. The second-order valence-corrected chi connectivity index (χ2v) is 23.9. The molecule has 2 heterocycles. The first-order valence-corrected chi connectivity index (χ1v) is 30.6. The van der Waals surface area contributed by atoms with Crippen LogP contribution in [0.4, 0.5) is 0 Å². The summed E-state index contributed by atoms with van der Waals surface area (Å²) in [5, 5.41) is 37.7. The van der Waals surface area contributed by atoms with Crippen molar-refractivity contribution in [1.82, 2.24) is 41.8 Å². The van der Waals surface area contributed by atoms with Crippen molar-refractivity contribution in [2.45, 2.75) is 160 Å². The zero-order valence-electron chi connectivity index (χ0n) is 51.7. The van der Waals surface area contributed by atoms with Crippen LogP contribution in [0.2, 0.25) is 0 Å². The molecular formula is C60H91N17O12S. The van der Waals surface area contributed by atoms with Crippen LogP contribution in [-0.4, -0.2) is 177 Å². The number of aliphatic imine (C=N–C) groups is 3. The number of fused-ring (bicyclic) bond motifs is 1. The molecule has 1 aliphatic heterocycles. The van der Waals surface area contributed by atoms with Crippen molar-refractivity contribution in [2.24, 2.45) is 66.6 Å². The lowest BCUT2D eigenvalue weighted by Crippen LogP contribution is -2.59. The number of benzene rings is 2. The number of carbonyl (C=O) groups is 10. The van der Waals surface area contributed by atoms with Crippen LogP contribution < -0.4 is 66.3 Å². The first kappa shape index (κ1) is 73.7. The van der Waals surface area contributed by atoms with Gasteiger partial charge in [-0.25, -0.2) is 4.79 Å². The number of nitrogens with zero attached hydrogens (tertiary/aromatic N) is 4. The number of aliphatic hydroxyl groups excluding tert-OH is 1. The van der Waals surface area contributed by atoms with Crippen molar-refractivity contribution in [2.75, 3.05) is 31.9 Å². The highest BCUT2D eigenvalue weighted by Gasteiger charge is 2.42. The van der Waals surface area contributed by atoms with Crippen LogP contribution in [0, 0.1) is 17.3 Å². The number of ketones is 2. The number of thiol groups is 1. The van der Waals surface area contributed by atoms with Crippen LogP contribution >= 0.6 is 12.6 Å². The summed E-state index contributed by atoms with van der Waals surface area (Å²) >= 11 is 4.39. The van der Waals surface area contributed by atoms with Gasteiger partial charge in [-0.15, -0.1) is 0 Å². The molecule has 3 aromatic rings. The van der Waals surface area contributed by atoms with E-state index in [2.05, 4.69) is 64.5 Å². The van der Waals surface area contributed by atoms with E-state index in [-0.39, 0.29) is 108 Å². The topological polar surface area (TPSA) is 496 Å². The van der Waals surface area contributed by atoms with E-state index in [1.54, 1.807) is 57.3 Å². The van der Waals surface area contributed by atoms with Crippen molar-refractivity contribution in [3.63, 3.8) is 0 Å². The molecule has 0 radical (unpaired) electrons. The molecule has 2 aromatic carbocycles. The number of carboxylic acid groups (broad SMARTS) is 1. The monoisotopic (exact) mass is 1270 g/mol. The lowest BCUT2D eigenvalue weighted by Gasteiger charge is -2.31. The first-order valence-electron chi connectivity index (χ1n) is 29.9. The number of carboxylic acids is 1. The molecule has 1 fully saturated rings. The van der Waals surface area contributed by atoms with Gasteiger partial charge in [0, 0.05) is 87.6 Å². The van der Waals surface area contributed by atoms with Crippen molar-refractivity contribution in [3.05, 3.63) is 71.9 Å². The van der Waals surface area contributed by atoms with E-state index in [1.165, 1.54) is 18.7 Å². The number of hydrogen-bond donors (Lipinski definition) is 16. The van der Waals surface area contributed by atoms with E-state index >= 15 is 9.59 Å². The van der Waals surface area contributed by atoms with Gasteiger partial charge in [0.1, 0.15) is 36.3 Å². The third-order valence-electron chi connectivity index (χ3n) is 15.1. The van der Waals surface area contributed by atoms with Crippen molar-refractivity contribution < 1.29 is 58.2 Å². The number of amides is 7. The van der Waals surface area contributed by atoms with Gasteiger partial charge in [0.05, 0.1) is 18.1 Å². The number of nitrogens with one attached hydrogen (secondary N) is 7. The smallest absolute Gasteiger partial charge is 0.326 e. The van der Waals surface area contributed by atoms with Crippen LogP contribution in [-0.2, 0) is 60.8 Å². The minimum atomic E-state index is -1.59. The number of hydrogen-bond acceptors (Lipinski definition) is 15. The van der Waals surface area contributed by atoms with Crippen molar-refractivity contribution >= 4 is 100 Å².